The highest BCUT2D eigenvalue weighted by Gasteiger charge is 2.20. The summed E-state index contributed by atoms with van der Waals surface area (Å²) in [5, 5.41) is 2.96. The fourth-order valence-corrected chi connectivity index (χ4v) is 2.69. The second-order valence-electron chi connectivity index (χ2n) is 5.94. The third-order valence-corrected chi connectivity index (χ3v) is 3.74. The van der Waals surface area contributed by atoms with E-state index in [4.69, 9.17) is 0 Å². The Hall–Kier alpha value is -0.570. The Labute approximate surface area is 112 Å². The normalized spacial score (nSPS) is 18.2. The lowest BCUT2D eigenvalue weighted by atomic mass is 9.91. The summed E-state index contributed by atoms with van der Waals surface area (Å²) in [5.74, 6) is 1.08. The molecule has 1 amide bonds. The van der Waals surface area contributed by atoms with Crippen molar-refractivity contribution in [3.63, 3.8) is 0 Å². The van der Waals surface area contributed by atoms with Crippen LogP contribution in [0.2, 0.25) is 0 Å². The van der Waals surface area contributed by atoms with Gasteiger partial charge in [-0.2, -0.15) is 0 Å². The highest BCUT2D eigenvalue weighted by Crippen LogP contribution is 2.22. The number of hydrogen-bond donors (Lipinski definition) is 1. The predicted molar refractivity (Wildman–Crippen MR) is 76.6 cm³/mol. The molecule has 0 spiro atoms. The van der Waals surface area contributed by atoms with E-state index in [-0.39, 0.29) is 11.9 Å². The van der Waals surface area contributed by atoms with Crippen molar-refractivity contribution in [2.24, 2.45) is 5.92 Å². The number of hydrogen-bond acceptors (Lipinski definition) is 2. The monoisotopic (exact) mass is 254 g/mol. The van der Waals surface area contributed by atoms with Crippen molar-refractivity contribution in [1.29, 1.82) is 0 Å². The van der Waals surface area contributed by atoms with Gasteiger partial charge in [-0.15, -0.1) is 0 Å². The maximum Gasteiger partial charge on any atom is 0.234 e. The van der Waals surface area contributed by atoms with Gasteiger partial charge in [-0.05, 0) is 45.7 Å². The third-order valence-electron chi connectivity index (χ3n) is 3.74. The fourth-order valence-electron chi connectivity index (χ4n) is 2.69. The Morgan fingerprint density at radius 2 is 1.94 bits per heavy atom. The number of nitrogens with zero attached hydrogens (tertiary/aromatic N) is 1. The predicted octanol–water partition coefficient (Wildman–Crippen LogP) is 2.80. The zero-order valence-corrected chi connectivity index (χ0v) is 12.4. The van der Waals surface area contributed by atoms with Crippen molar-refractivity contribution >= 4 is 5.91 Å². The minimum atomic E-state index is 0.175. The largest absolute Gasteiger partial charge is 0.353 e. The van der Waals surface area contributed by atoms with E-state index in [1.165, 1.54) is 38.5 Å². The second kappa shape index (κ2) is 8.52. The van der Waals surface area contributed by atoms with Gasteiger partial charge < -0.3 is 5.32 Å². The van der Waals surface area contributed by atoms with Gasteiger partial charge >= 0.3 is 0 Å². The van der Waals surface area contributed by atoms with Crippen LogP contribution in [-0.4, -0.2) is 36.5 Å². The molecule has 0 aliphatic carbocycles. The highest BCUT2D eigenvalue weighted by molar-refractivity contribution is 5.78. The summed E-state index contributed by atoms with van der Waals surface area (Å²) in [6, 6.07) is 0.254. The molecule has 1 aliphatic rings. The Balaban J connectivity index is 2.13. The van der Waals surface area contributed by atoms with Gasteiger partial charge in [0, 0.05) is 6.04 Å². The Morgan fingerprint density at radius 3 is 2.50 bits per heavy atom. The number of carbonyl (C=O) groups is 1. The first kappa shape index (κ1) is 15.5. The van der Waals surface area contributed by atoms with Gasteiger partial charge in [-0.25, -0.2) is 0 Å². The van der Waals surface area contributed by atoms with Crippen molar-refractivity contribution < 1.29 is 4.79 Å². The summed E-state index contributed by atoms with van der Waals surface area (Å²) in [6.07, 6.45) is 8.01. The van der Waals surface area contributed by atoms with Gasteiger partial charge in [-0.1, -0.05) is 32.6 Å². The maximum absolute atomic E-state index is 11.7. The van der Waals surface area contributed by atoms with Crippen LogP contribution in [0, 0.1) is 5.92 Å². The molecule has 1 N–H and O–H groups in total. The zero-order chi connectivity index (χ0) is 13.4. The molecule has 0 aromatic heterocycles. The van der Waals surface area contributed by atoms with E-state index in [2.05, 4.69) is 17.1 Å². The second-order valence-corrected chi connectivity index (χ2v) is 5.94. The summed E-state index contributed by atoms with van der Waals surface area (Å²) in [7, 11) is 0. The van der Waals surface area contributed by atoms with Crippen LogP contribution in [0.5, 0.6) is 0 Å². The molecule has 0 bridgehead atoms. The maximum atomic E-state index is 11.7. The van der Waals surface area contributed by atoms with Crippen LogP contribution in [0.15, 0.2) is 0 Å². The van der Waals surface area contributed by atoms with Crippen LogP contribution in [0.25, 0.3) is 0 Å². The van der Waals surface area contributed by atoms with E-state index in [0.717, 1.165) is 19.0 Å². The van der Waals surface area contributed by atoms with Crippen LogP contribution < -0.4 is 5.32 Å². The van der Waals surface area contributed by atoms with E-state index < -0.39 is 0 Å². The molecule has 3 nitrogen and oxygen atoms in total. The van der Waals surface area contributed by atoms with Crippen molar-refractivity contribution in [2.45, 2.75) is 65.3 Å². The minimum absolute atomic E-state index is 0.175. The molecule has 3 heteroatoms. The van der Waals surface area contributed by atoms with Crippen molar-refractivity contribution in [1.82, 2.24) is 10.2 Å². The quantitative estimate of drug-likeness (QED) is 0.709. The van der Waals surface area contributed by atoms with Gasteiger partial charge in [0.1, 0.15) is 0 Å². The van der Waals surface area contributed by atoms with Crippen LogP contribution in [0.3, 0.4) is 0 Å². The van der Waals surface area contributed by atoms with E-state index >= 15 is 0 Å². The molecule has 18 heavy (non-hydrogen) atoms. The molecule has 0 atom stereocenters. The molecular formula is C15H30N2O. The smallest absolute Gasteiger partial charge is 0.234 e. The molecule has 0 aromatic rings. The molecule has 106 valence electrons. The summed E-state index contributed by atoms with van der Waals surface area (Å²) in [4.78, 5) is 14.0. The molecule has 1 rings (SSSR count). The molecule has 0 aromatic carbocycles. The van der Waals surface area contributed by atoms with Gasteiger partial charge in [0.25, 0.3) is 0 Å². The molecule has 1 aliphatic heterocycles. The molecule has 0 unspecified atom stereocenters. The van der Waals surface area contributed by atoms with Gasteiger partial charge in [-0.3, -0.25) is 9.69 Å². The SMILES string of the molecule is CCCCCC1CCN(CC(=O)NC(C)C)CC1. The standard InChI is InChI=1S/C15H30N2O/c1-4-5-6-7-14-8-10-17(11-9-14)12-15(18)16-13(2)3/h13-14H,4-12H2,1-3H3,(H,16,18). The molecule has 0 radical (unpaired) electrons. The number of amides is 1. The van der Waals surface area contributed by atoms with Crippen molar-refractivity contribution in [3.8, 4) is 0 Å². The van der Waals surface area contributed by atoms with E-state index in [1.807, 2.05) is 13.8 Å². The topological polar surface area (TPSA) is 32.3 Å². The first-order valence-electron chi connectivity index (χ1n) is 7.63. The van der Waals surface area contributed by atoms with Crippen molar-refractivity contribution in [2.75, 3.05) is 19.6 Å². The van der Waals surface area contributed by atoms with Gasteiger partial charge in [0.2, 0.25) is 5.91 Å². The lowest BCUT2D eigenvalue weighted by Gasteiger charge is -2.31. The van der Waals surface area contributed by atoms with Crippen LogP contribution in [-0.2, 0) is 4.79 Å². The van der Waals surface area contributed by atoms with Gasteiger partial charge in [0.05, 0.1) is 6.54 Å². The van der Waals surface area contributed by atoms with Crippen LogP contribution in [0.1, 0.15) is 59.3 Å². The third kappa shape index (κ3) is 6.39. The minimum Gasteiger partial charge on any atom is -0.353 e. The molecule has 1 heterocycles. The zero-order valence-electron chi connectivity index (χ0n) is 12.4. The summed E-state index contributed by atoms with van der Waals surface area (Å²) >= 11 is 0. The Kier molecular flexibility index (Phi) is 7.33. The first-order chi connectivity index (χ1) is 8.61. The number of unbranched alkanes of at least 4 members (excludes halogenated alkanes) is 2. The summed E-state index contributed by atoms with van der Waals surface area (Å²) < 4.78 is 0. The summed E-state index contributed by atoms with van der Waals surface area (Å²) in [6.45, 7) is 9.07. The number of likely N-dealkylation sites (tertiary alicyclic amines) is 1. The summed E-state index contributed by atoms with van der Waals surface area (Å²) in [5.41, 5.74) is 0. The number of nitrogens with one attached hydrogen (secondary N) is 1. The Bertz CT molecular complexity index is 233. The van der Waals surface area contributed by atoms with Crippen LogP contribution >= 0.6 is 0 Å². The lowest BCUT2D eigenvalue weighted by molar-refractivity contribution is -0.123. The number of piperidine rings is 1. The van der Waals surface area contributed by atoms with E-state index in [0.29, 0.717) is 6.54 Å². The molecule has 0 saturated carbocycles. The average Bonchev–Trinajstić information content (AvgIpc) is 2.30. The number of carbonyl (C=O) groups excluding carboxylic acids is 1. The molecule has 1 saturated heterocycles. The van der Waals surface area contributed by atoms with Crippen molar-refractivity contribution in [3.05, 3.63) is 0 Å². The molecule has 1 fully saturated rings. The van der Waals surface area contributed by atoms with Gasteiger partial charge in [0.15, 0.2) is 0 Å². The Morgan fingerprint density at radius 1 is 1.28 bits per heavy atom. The van der Waals surface area contributed by atoms with E-state index in [1.54, 1.807) is 0 Å². The fraction of sp³-hybridized carbons (Fsp3) is 0.933. The van der Waals surface area contributed by atoms with E-state index in [9.17, 15) is 4.79 Å². The molecular weight excluding hydrogens is 224 g/mol. The highest BCUT2D eigenvalue weighted by atomic mass is 16.2. The lowest BCUT2D eigenvalue weighted by Crippen LogP contribution is -2.43. The average molecular weight is 254 g/mol. The first-order valence-corrected chi connectivity index (χ1v) is 7.63. The number of rotatable bonds is 7. The van der Waals surface area contributed by atoms with Crippen LogP contribution in [0.4, 0.5) is 0 Å².